The van der Waals surface area contributed by atoms with Crippen molar-refractivity contribution in [3.05, 3.63) is 88.4 Å². The molecule has 0 saturated carbocycles. The third-order valence-corrected chi connectivity index (χ3v) is 7.00. The number of nitrogens with zero attached hydrogens (tertiary/aromatic N) is 1. The molecule has 0 atom stereocenters. The highest BCUT2D eigenvalue weighted by Gasteiger charge is 2.28. The lowest BCUT2D eigenvalue weighted by molar-refractivity contribution is -0.114. The molecule has 1 N–H and O–H groups in total. The van der Waals surface area contributed by atoms with Gasteiger partial charge in [-0.2, -0.15) is 0 Å². The topological polar surface area (TPSA) is 92.8 Å². The number of carbonyl (C=O) groups is 2. The first-order valence-corrected chi connectivity index (χ1v) is 12.4. The second-order valence-electron chi connectivity index (χ2n) is 7.60. The average Bonchev–Trinajstić information content (AvgIpc) is 2.80. The van der Waals surface area contributed by atoms with Gasteiger partial charge in [0.25, 0.3) is 10.0 Å². The molecule has 1 amide bonds. The lowest BCUT2D eigenvalue weighted by Gasteiger charge is -2.26. The van der Waals surface area contributed by atoms with Gasteiger partial charge in [0.05, 0.1) is 22.8 Å². The van der Waals surface area contributed by atoms with Gasteiger partial charge in [-0.15, -0.1) is 0 Å². The maximum Gasteiger partial charge on any atom is 0.338 e. The summed E-state index contributed by atoms with van der Waals surface area (Å²) in [4.78, 5) is 25.0. The first kappa shape index (κ1) is 25.3. The Morgan fingerprint density at radius 2 is 1.71 bits per heavy atom. The zero-order chi connectivity index (χ0) is 24.9. The first-order valence-electron chi connectivity index (χ1n) is 10.5. The number of aryl methyl sites for hydroxylation is 2. The van der Waals surface area contributed by atoms with Crippen molar-refractivity contribution in [2.24, 2.45) is 0 Å². The molecule has 0 saturated heterocycles. The second-order valence-corrected chi connectivity index (χ2v) is 9.90. The lowest BCUT2D eigenvalue weighted by atomic mass is 10.2. The highest BCUT2D eigenvalue weighted by Crippen LogP contribution is 2.29. The standard InChI is InChI=1S/C25H25ClN2O5S/c1-4-33-25(30)19-6-5-7-21(14-19)27-24(29)16-28(23-15-20(26)11-10-18(23)3)34(31,32)22-12-8-17(2)9-13-22/h5-15H,4,16H2,1-3H3,(H,27,29). The molecule has 7 nitrogen and oxygen atoms in total. The Hall–Kier alpha value is -3.36. The van der Waals surface area contributed by atoms with Crippen LogP contribution in [0.15, 0.2) is 71.6 Å². The van der Waals surface area contributed by atoms with Crippen LogP contribution in [0.25, 0.3) is 0 Å². The summed E-state index contributed by atoms with van der Waals surface area (Å²) in [6, 6.07) is 17.5. The van der Waals surface area contributed by atoms with Crippen LogP contribution in [0.1, 0.15) is 28.4 Å². The molecule has 178 valence electrons. The van der Waals surface area contributed by atoms with E-state index in [1.54, 1.807) is 56.3 Å². The van der Waals surface area contributed by atoms with E-state index in [0.29, 0.717) is 22.0 Å². The fraction of sp³-hybridized carbons (Fsp3) is 0.200. The van der Waals surface area contributed by atoms with Gasteiger partial charge in [-0.05, 0) is 68.8 Å². The zero-order valence-corrected chi connectivity index (χ0v) is 20.6. The summed E-state index contributed by atoms with van der Waals surface area (Å²) in [5.74, 6) is -1.10. The van der Waals surface area contributed by atoms with Crippen molar-refractivity contribution in [1.29, 1.82) is 0 Å². The third-order valence-electron chi connectivity index (χ3n) is 4.99. The van der Waals surface area contributed by atoms with E-state index >= 15 is 0 Å². The summed E-state index contributed by atoms with van der Waals surface area (Å²) in [5, 5.41) is 3.00. The smallest absolute Gasteiger partial charge is 0.338 e. The van der Waals surface area contributed by atoms with Gasteiger partial charge in [-0.3, -0.25) is 9.10 Å². The number of rotatable bonds is 8. The first-order chi connectivity index (χ1) is 16.1. The molecule has 34 heavy (non-hydrogen) atoms. The number of amides is 1. The second kappa shape index (κ2) is 10.7. The van der Waals surface area contributed by atoms with Crippen LogP contribution < -0.4 is 9.62 Å². The third kappa shape index (κ3) is 5.95. The predicted octanol–water partition coefficient (Wildman–Crippen LogP) is 4.97. The molecule has 0 radical (unpaired) electrons. The molecule has 9 heteroatoms. The normalized spacial score (nSPS) is 11.1. The van der Waals surface area contributed by atoms with Gasteiger partial charge in [0, 0.05) is 10.7 Å². The molecule has 3 rings (SSSR count). The Labute approximate surface area is 204 Å². The highest BCUT2D eigenvalue weighted by atomic mass is 35.5. The molecular weight excluding hydrogens is 476 g/mol. The van der Waals surface area contributed by atoms with E-state index in [0.717, 1.165) is 9.87 Å². The fourth-order valence-corrected chi connectivity index (χ4v) is 4.90. The van der Waals surface area contributed by atoms with E-state index in [1.165, 1.54) is 24.3 Å². The highest BCUT2D eigenvalue weighted by molar-refractivity contribution is 7.92. The number of sulfonamides is 1. The average molecular weight is 501 g/mol. The van der Waals surface area contributed by atoms with Crippen molar-refractivity contribution >= 4 is 44.9 Å². The van der Waals surface area contributed by atoms with Crippen LogP contribution in [0.4, 0.5) is 11.4 Å². The van der Waals surface area contributed by atoms with Crippen LogP contribution in [-0.4, -0.2) is 33.4 Å². The maximum atomic E-state index is 13.6. The Balaban J connectivity index is 1.94. The minimum Gasteiger partial charge on any atom is -0.462 e. The number of halogens is 1. The Morgan fingerprint density at radius 1 is 1.00 bits per heavy atom. The molecule has 0 aliphatic carbocycles. The fourth-order valence-electron chi connectivity index (χ4n) is 3.26. The van der Waals surface area contributed by atoms with Gasteiger partial charge in [0.2, 0.25) is 5.91 Å². The Morgan fingerprint density at radius 3 is 2.38 bits per heavy atom. The Bertz CT molecular complexity index is 1310. The van der Waals surface area contributed by atoms with Crippen LogP contribution in [0.3, 0.4) is 0 Å². The van der Waals surface area contributed by atoms with Crippen molar-refractivity contribution in [1.82, 2.24) is 0 Å². The minimum absolute atomic E-state index is 0.0505. The maximum absolute atomic E-state index is 13.6. The van der Waals surface area contributed by atoms with Gasteiger partial charge >= 0.3 is 5.97 Å². The molecule has 0 unspecified atom stereocenters. The molecule has 0 aliphatic heterocycles. The van der Waals surface area contributed by atoms with Crippen LogP contribution in [-0.2, 0) is 19.6 Å². The van der Waals surface area contributed by atoms with Gasteiger partial charge in [-0.25, -0.2) is 13.2 Å². The van der Waals surface area contributed by atoms with Gasteiger partial charge in [-0.1, -0.05) is 41.4 Å². The number of carbonyl (C=O) groups excluding carboxylic acids is 2. The number of esters is 1. The molecule has 0 aliphatic rings. The van der Waals surface area contributed by atoms with Crippen molar-refractivity contribution in [2.45, 2.75) is 25.7 Å². The van der Waals surface area contributed by atoms with Gasteiger partial charge in [0.1, 0.15) is 6.54 Å². The van der Waals surface area contributed by atoms with Crippen molar-refractivity contribution < 1.29 is 22.7 Å². The van der Waals surface area contributed by atoms with Crippen LogP contribution in [0.5, 0.6) is 0 Å². The zero-order valence-electron chi connectivity index (χ0n) is 19.0. The summed E-state index contributed by atoms with van der Waals surface area (Å²) in [6.45, 7) is 5.02. The molecule has 0 bridgehead atoms. The monoisotopic (exact) mass is 500 g/mol. The molecular formula is C25H25ClN2O5S. The SMILES string of the molecule is CCOC(=O)c1cccc(NC(=O)CN(c2cc(Cl)ccc2C)S(=O)(=O)c2ccc(C)cc2)c1. The molecule has 3 aromatic carbocycles. The minimum atomic E-state index is -4.09. The van der Waals surface area contributed by atoms with E-state index in [4.69, 9.17) is 16.3 Å². The molecule has 3 aromatic rings. The number of nitrogens with one attached hydrogen (secondary N) is 1. The summed E-state index contributed by atoms with van der Waals surface area (Å²) >= 11 is 6.15. The number of anilines is 2. The van der Waals surface area contributed by atoms with E-state index in [-0.39, 0.29) is 17.1 Å². The largest absolute Gasteiger partial charge is 0.462 e. The number of hydrogen-bond acceptors (Lipinski definition) is 5. The van der Waals surface area contributed by atoms with Crippen LogP contribution in [0.2, 0.25) is 5.02 Å². The summed E-state index contributed by atoms with van der Waals surface area (Å²) in [6.07, 6.45) is 0. The molecule has 0 fully saturated rings. The molecule has 0 heterocycles. The van der Waals surface area contributed by atoms with Crippen molar-refractivity contribution in [3.63, 3.8) is 0 Å². The summed E-state index contributed by atoms with van der Waals surface area (Å²) in [5.41, 5.74) is 2.45. The van der Waals surface area contributed by atoms with Crippen molar-refractivity contribution in [2.75, 3.05) is 22.8 Å². The van der Waals surface area contributed by atoms with Crippen LogP contribution >= 0.6 is 11.6 Å². The Kier molecular flexibility index (Phi) is 7.96. The molecule has 0 aromatic heterocycles. The van der Waals surface area contributed by atoms with E-state index in [2.05, 4.69) is 5.32 Å². The van der Waals surface area contributed by atoms with Crippen molar-refractivity contribution in [3.8, 4) is 0 Å². The molecule has 0 spiro atoms. The predicted molar refractivity (Wildman–Crippen MR) is 133 cm³/mol. The van der Waals surface area contributed by atoms with E-state index < -0.39 is 28.4 Å². The van der Waals surface area contributed by atoms with Gasteiger partial charge < -0.3 is 10.1 Å². The lowest BCUT2D eigenvalue weighted by Crippen LogP contribution is -2.38. The number of hydrogen-bond donors (Lipinski definition) is 1. The number of ether oxygens (including phenoxy) is 1. The van der Waals surface area contributed by atoms with E-state index in [9.17, 15) is 18.0 Å². The summed E-state index contributed by atoms with van der Waals surface area (Å²) < 4.78 is 33.1. The van der Waals surface area contributed by atoms with Crippen LogP contribution in [0, 0.1) is 13.8 Å². The van der Waals surface area contributed by atoms with E-state index in [1.807, 2.05) is 6.92 Å². The summed E-state index contributed by atoms with van der Waals surface area (Å²) in [7, 11) is -4.09. The number of benzene rings is 3. The quantitative estimate of drug-likeness (QED) is 0.441. The van der Waals surface area contributed by atoms with Gasteiger partial charge in [0.15, 0.2) is 0 Å².